The fraction of sp³-hybridized carbons (Fsp3) is 0.0417. The van der Waals surface area contributed by atoms with Crippen LogP contribution in [0.4, 0.5) is 14.5 Å². The molecule has 0 N–H and O–H groups in total. The van der Waals surface area contributed by atoms with Crippen LogP contribution < -0.4 is 4.90 Å². The second-order valence-electron chi connectivity index (χ2n) is 6.68. The number of nitrogens with zero attached hydrogens (tertiary/aromatic N) is 2. The Hall–Kier alpha value is -4.13. The van der Waals surface area contributed by atoms with E-state index in [2.05, 4.69) is 9.73 Å². The lowest BCUT2D eigenvalue weighted by Gasteiger charge is -2.18. The quantitative estimate of drug-likeness (QED) is 0.460. The Morgan fingerprint density at radius 2 is 1.65 bits per heavy atom. The second-order valence-corrected chi connectivity index (χ2v) is 6.68. The smallest absolute Gasteiger partial charge is 0.337 e. The molecule has 31 heavy (non-hydrogen) atoms. The van der Waals surface area contributed by atoms with Crippen molar-refractivity contribution in [1.29, 1.82) is 0 Å². The average Bonchev–Trinajstić information content (AvgIpc) is 3.10. The number of amidine groups is 1. The van der Waals surface area contributed by atoms with Gasteiger partial charge in [0.2, 0.25) is 0 Å². The molecule has 5 nitrogen and oxygen atoms in total. The summed E-state index contributed by atoms with van der Waals surface area (Å²) in [4.78, 5) is 30.4. The standard InChI is InChI=1S/C24H16F2N2O3/c1-31-24(30)16-8-6-15(7-9-16)14-21-23(29)28(18-12-10-17(25)11-13-18)22(27-21)19-4-2-3-5-20(19)26/h2-14H,1H3/b21-14+. The summed E-state index contributed by atoms with van der Waals surface area (Å²) >= 11 is 0. The summed E-state index contributed by atoms with van der Waals surface area (Å²) in [6.07, 6.45) is 1.54. The maximum absolute atomic E-state index is 14.5. The van der Waals surface area contributed by atoms with Crippen molar-refractivity contribution in [3.05, 3.63) is 107 Å². The van der Waals surface area contributed by atoms with E-state index in [0.29, 0.717) is 16.8 Å². The van der Waals surface area contributed by atoms with E-state index < -0.39 is 23.5 Å². The first kappa shape index (κ1) is 20.2. The van der Waals surface area contributed by atoms with Crippen LogP contribution in [-0.2, 0) is 9.53 Å². The lowest BCUT2D eigenvalue weighted by atomic mass is 10.1. The highest BCUT2D eigenvalue weighted by molar-refractivity contribution is 6.33. The topological polar surface area (TPSA) is 59.0 Å². The number of ether oxygens (including phenoxy) is 1. The van der Waals surface area contributed by atoms with Gasteiger partial charge in [0, 0.05) is 0 Å². The largest absolute Gasteiger partial charge is 0.465 e. The van der Waals surface area contributed by atoms with E-state index >= 15 is 0 Å². The number of anilines is 1. The van der Waals surface area contributed by atoms with Gasteiger partial charge in [0.15, 0.2) is 5.84 Å². The summed E-state index contributed by atoms with van der Waals surface area (Å²) < 4.78 is 32.6. The van der Waals surface area contributed by atoms with Gasteiger partial charge in [-0.2, -0.15) is 0 Å². The fourth-order valence-electron chi connectivity index (χ4n) is 3.16. The van der Waals surface area contributed by atoms with E-state index in [1.54, 1.807) is 30.3 Å². The van der Waals surface area contributed by atoms with E-state index in [4.69, 9.17) is 0 Å². The van der Waals surface area contributed by atoms with Crippen LogP contribution in [0, 0.1) is 11.6 Å². The number of methoxy groups -OCH3 is 1. The van der Waals surface area contributed by atoms with Crippen molar-refractivity contribution in [3.8, 4) is 0 Å². The van der Waals surface area contributed by atoms with Gasteiger partial charge in [-0.1, -0.05) is 24.3 Å². The van der Waals surface area contributed by atoms with Crippen LogP contribution in [0.2, 0.25) is 0 Å². The van der Waals surface area contributed by atoms with Gasteiger partial charge < -0.3 is 4.74 Å². The Kier molecular flexibility index (Phi) is 5.41. The van der Waals surface area contributed by atoms with Gasteiger partial charge >= 0.3 is 5.97 Å². The highest BCUT2D eigenvalue weighted by Crippen LogP contribution is 2.29. The summed E-state index contributed by atoms with van der Waals surface area (Å²) in [5.74, 6) is -1.85. The number of carbonyl (C=O) groups excluding carboxylic acids is 2. The van der Waals surface area contributed by atoms with Crippen LogP contribution in [0.3, 0.4) is 0 Å². The Balaban J connectivity index is 1.78. The number of benzene rings is 3. The first-order chi connectivity index (χ1) is 15.0. The third kappa shape index (κ3) is 3.98. The molecule has 0 bridgehead atoms. The van der Waals surface area contributed by atoms with Gasteiger partial charge in [0.25, 0.3) is 5.91 Å². The van der Waals surface area contributed by atoms with Crippen molar-refractivity contribution in [1.82, 2.24) is 0 Å². The number of halogens is 2. The molecule has 3 aromatic carbocycles. The van der Waals surface area contributed by atoms with Crippen LogP contribution in [0.25, 0.3) is 6.08 Å². The molecule has 7 heteroatoms. The zero-order chi connectivity index (χ0) is 22.0. The first-order valence-corrected chi connectivity index (χ1v) is 9.31. The number of rotatable bonds is 4. The van der Waals surface area contributed by atoms with Crippen LogP contribution in [-0.4, -0.2) is 24.8 Å². The molecule has 3 aromatic rings. The molecule has 154 valence electrons. The lowest BCUT2D eigenvalue weighted by Crippen LogP contribution is -2.33. The second kappa shape index (κ2) is 8.31. The molecule has 0 aliphatic carbocycles. The van der Waals surface area contributed by atoms with Crippen LogP contribution in [0.15, 0.2) is 83.5 Å². The minimum atomic E-state index is -0.537. The van der Waals surface area contributed by atoms with Crippen molar-refractivity contribution in [2.75, 3.05) is 12.0 Å². The van der Waals surface area contributed by atoms with Crippen molar-refractivity contribution < 1.29 is 23.1 Å². The van der Waals surface area contributed by atoms with Gasteiger partial charge in [-0.05, 0) is 60.2 Å². The van der Waals surface area contributed by atoms with Crippen LogP contribution >= 0.6 is 0 Å². The Morgan fingerprint density at radius 3 is 2.29 bits per heavy atom. The molecule has 0 saturated carbocycles. The minimum absolute atomic E-state index is 0.0772. The third-order valence-corrected chi connectivity index (χ3v) is 4.70. The van der Waals surface area contributed by atoms with Gasteiger partial charge in [-0.3, -0.25) is 9.69 Å². The number of carbonyl (C=O) groups is 2. The zero-order valence-electron chi connectivity index (χ0n) is 16.4. The van der Waals surface area contributed by atoms with Crippen LogP contribution in [0.5, 0.6) is 0 Å². The molecule has 0 unspecified atom stereocenters. The number of hydrogen-bond acceptors (Lipinski definition) is 4. The molecular weight excluding hydrogens is 402 g/mol. The molecule has 0 fully saturated rings. The van der Waals surface area contributed by atoms with Crippen molar-refractivity contribution in [3.63, 3.8) is 0 Å². The van der Waals surface area contributed by atoms with Crippen molar-refractivity contribution >= 4 is 29.5 Å². The molecule has 0 saturated heterocycles. The number of aliphatic imine (C=N–C) groups is 1. The van der Waals surface area contributed by atoms with Crippen molar-refractivity contribution in [2.45, 2.75) is 0 Å². The molecule has 1 aliphatic heterocycles. The molecule has 0 atom stereocenters. The normalized spacial score (nSPS) is 14.7. The number of esters is 1. The van der Waals surface area contributed by atoms with E-state index in [0.717, 1.165) is 0 Å². The molecule has 4 rings (SSSR count). The summed E-state index contributed by atoms with van der Waals surface area (Å²) in [5, 5.41) is 0. The third-order valence-electron chi connectivity index (χ3n) is 4.70. The molecule has 1 aliphatic rings. The van der Waals surface area contributed by atoms with E-state index in [1.165, 1.54) is 60.6 Å². The average molecular weight is 418 g/mol. The maximum Gasteiger partial charge on any atom is 0.337 e. The van der Waals surface area contributed by atoms with E-state index in [9.17, 15) is 18.4 Å². The Morgan fingerprint density at radius 1 is 0.968 bits per heavy atom. The fourth-order valence-corrected chi connectivity index (χ4v) is 3.16. The lowest BCUT2D eigenvalue weighted by molar-refractivity contribution is -0.113. The molecule has 1 amide bonds. The maximum atomic E-state index is 14.5. The SMILES string of the molecule is COC(=O)c1ccc(/C=C2/N=C(c3ccccc3F)N(c3ccc(F)cc3)C2=O)cc1. The summed E-state index contributed by atoms with van der Waals surface area (Å²) in [6.45, 7) is 0. The van der Waals surface area contributed by atoms with E-state index in [-0.39, 0.29) is 17.1 Å². The number of hydrogen-bond donors (Lipinski definition) is 0. The molecule has 1 heterocycles. The van der Waals surface area contributed by atoms with Gasteiger partial charge in [-0.25, -0.2) is 18.6 Å². The van der Waals surface area contributed by atoms with Gasteiger partial charge in [0.1, 0.15) is 17.3 Å². The Labute approximate surface area is 176 Å². The van der Waals surface area contributed by atoms with E-state index in [1.807, 2.05) is 0 Å². The first-order valence-electron chi connectivity index (χ1n) is 9.31. The highest BCUT2D eigenvalue weighted by Gasteiger charge is 2.33. The molecular formula is C24H16F2N2O3. The predicted molar refractivity (Wildman–Crippen MR) is 113 cm³/mol. The summed E-state index contributed by atoms with van der Waals surface area (Å²) in [7, 11) is 1.29. The molecule has 0 aromatic heterocycles. The van der Waals surface area contributed by atoms with Crippen LogP contribution in [0.1, 0.15) is 21.5 Å². The Bertz CT molecular complexity index is 1220. The predicted octanol–water partition coefficient (Wildman–Crippen LogP) is 4.59. The minimum Gasteiger partial charge on any atom is -0.465 e. The monoisotopic (exact) mass is 418 g/mol. The molecule has 0 spiro atoms. The molecule has 0 radical (unpaired) electrons. The van der Waals surface area contributed by atoms with Gasteiger partial charge in [-0.15, -0.1) is 0 Å². The summed E-state index contributed by atoms with van der Waals surface area (Å²) in [6, 6.07) is 17.7. The summed E-state index contributed by atoms with van der Waals surface area (Å²) in [5.41, 5.74) is 1.57. The number of amides is 1. The highest BCUT2D eigenvalue weighted by atomic mass is 19.1. The zero-order valence-corrected chi connectivity index (χ0v) is 16.4. The van der Waals surface area contributed by atoms with Crippen molar-refractivity contribution in [2.24, 2.45) is 4.99 Å². The van der Waals surface area contributed by atoms with Gasteiger partial charge in [0.05, 0.1) is 23.9 Å².